The van der Waals surface area contributed by atoms with Gasteiger partial charge in [0.05, 0.1) is 0 Å². The summed E-state index contributed by atoms with van der Waals surface area (Å²) in [7, 11) is 0. The first-order chi connectivity index (χ1) is 8.27. The summed E-state index contributed by atoms with van der Waals surface area (Å²) in [5.41, 5.74) is 0. The molecule has 0 amide bonds. The van der Waals surface area contributed by atoms with Gasteiger partial charge < -0.3 is 0 Å². The van der Waals surface area contributed by atoms with E-state index < -0.39 is 0 Å². The number of hydrogen-bond donors (Lipinski definition) is 0. The summed E-state index contributed by atoms with van der Waals surface area (Å²) in [5, 5.41) is 0. The summed E-state index contributed by atoms with van der Waals surface area (Å²) >= 11 is 2.74. The first-order valence-electron chi connectivity index (χ1n) is 6.63. The minimum Gasteiger partial charge on any atom is -0.0839 e. The van der Waals surface area contributed by atoms with E-state index in [4.69, 9.17) is 0 Å². The zero-order valence-electron chi connectivity index (χ0n) is 10.5. The van der Waals surface area contributed by atoms with E-state index in [9.17, 15) is 0 Å². The molecule has 0 aromatic carbocycles. The highest BCUT2D eigenvalue weighted by atomic mass is 127. The van der Waals surface area contributed by atoms with E-state index in [0.29, 0.717) is 15.3 Å². The SMILES string of the molecule is CCCC(I)(C1C=CC=CC1)[C@@H]1C=CC=CC1. The third kappa shape index (κ3) is 2.93. The van der Waals surface area contributed by atoms with Gasteiger partial charge in [-0.1, -0.05) is 84.5 Å². The molecule has 0 spiro atoms. The van der Waals surface area contributed by atoms with Crippen LogP contribution in [0.25, 0.3) is 0 Å². The Labute approximate surface area is 119 Å². The van der Waals surface area contributed by atoms with E-state index in [1.165, 1.54) is 25.7 Å². The number of alkyl halides is 1. The number of halogens is 1. The Morgan fingerprint density at radius 2 is 1.53 bits per heavy atom. The van der Waals surface area contributed by atoms with Crippen molar-refractivity contribution < 1.29 is 0 Å². The lowest BCUT2D eigenvalue weighted by atomic mass is 9.73. The van der Waals surface area contributed by atoms with Crippen LogP contribution in [-0.4, -0.2) is 3.42 Å². The fourth-order valence-corrected chi connectivity index (χ4v) is 4.36. The van der Waals surface area contributed by atoms with Crippen LogP contribution in [0.4, 0.5) is 0 Å². The van der Waals surface area contributed by atoms with Crippen LogP contribution < -0.4 is 0 Å². The van der Waals surface area contributed by atoms with Crippen LogP contribution in [0.1, 0.15) is 32.6 Å². The Kier molecular flexibility index (Phi) is 4.66. The topological polar surface area (TPSA) is 0 Å². The maximum absolute atomic E-state index is 2.74. The Hall–Kier alpha value is -0.310. The van der Waals surface area contributed by atoms with E-state index in [1.54, 1.807) is 0 Å². The lowest BCUT2D eigenvalue weighted by Gasteiger charge is -2.40. The van der Waals surface area contributed by atoms with Crippen LogP contribution in [0.15, 0.2) is 48.6 Å². The highest BCUT2D eigenvalue weighted by Gasteiger charge is 2.39. The highest BCUT2D eigenvalue weighted by molar-refractivity contribution is 14.1. The van der Waals surface area contributed by atoms with Crippen molar-refractivity contribution in [1.82, 2.24) is 0 Å². The maximum atomic E-state index is 2.74. The van der Waals surface area contributed by atoms with Crippen molar-refractivity contribution in [3.05, 3.63) is 48.6 Å². The molecule has 2 rings (SSSR count). The van der Waals surface area contributed by atoms with Gasteiger partial charge in [-0.05, 0) is 31.1 Å². The van der Waals surface area contributed by atoms with Crippen LogP contribution in [-0.2, 0) is 0 Å². The first-order valence-corrected chi connectivity index (χ1v) is 7.71. The van der Waals surface area contributed by atoms with Crippen LogP contribution in [0.5, 0.6) is 0 Å². The van der Waals surface area contributed by atoms with Crippen molar-refractivity contribution >= 4 is 22.6 Å². The van der Waals surface area contributed by atoms with Crippen molar-refractivity contribution in [1.29, 1.82) is 0 Å². The van der Waals surface area contributed by atoms with Crippen molar-refractivity contribution in [3.8, 4) is 0 Å². The van der Waals surface area contributed by atoms with Crippen molar-refractivity contribution in [2.24, 2.45) is 11.8 Å². The van der Waals surface area contributed by atoms with Crippen LogP contribution in [0, 0.1) is 11.8 Å². The monoisotopic (exact) mass is 340 g/mol. The molecule has 0 fully saturated rings. The summed E-state index contributed by atoms with van der Waals surface area (Å²) < 4.78 is 0.384. The van der Waals surface area contributed by atoms with Crippen molar-refractivity contribution in [2.45, 2.75) is 36.0 Å². The lowest BCUT2D eigenvalue weighted by Crippen LogP contribution is -2.38. The summed E-state index contributed by atoms with van der Waals surface area (Å²) in [5.74, 6) is 1.38. The molecular formula is C16H21I. The van der Waals surface area contributed by atoms with E-state index in [2.05, 4.69) is 78.1 Å². The Balaban J connectivity index is 2.18. The first kappa shape index (κ1) is 13.1. The molecule has 0 aliphatic heterocycles. The molecule has 0 radical (unpaired) electrons. The fraction of sp³-hybridized carbons (Fsp3) is 0.500. The Morgan fingerprint density at radius 3 is 1.88 bits per heavy atom. The molecule has 2 aliphatic rings. The van der Waals surface area contributed by atoms with Gasteiger partial charge in [0.1, 0.15) is 0 Å². The van der Waals surface area contributed by atoms with Gasteiger partial charge in [-0.25, -0.2) is 0 Å². The van der Waals surface area contributed by atoms with Crippen LogP contribution >= 0.6 is 22.6 Å². The standard InChI is InChI=1S/C16H21I/c1-2-13-16(17,14-9-5-3-6-10-14)15-11-7-4-8-12-15/h3-9,11,14-15H,2,10,12-13H2,1H3/t14-,15?,16?/m1/s1. The molecule has 0 bridgehead atoms. The smallest absolute Gasteiger partial charge is 0.0353 e. The molecule has 0 nitrogen and oxygen atoms in total. The summed E-state index contributed by atoms with van der Waals surface area (Å²) in [6, 6.07) is 0. The van der Waals surface area contributed by atoms with Crippen molar-refractivity contribution in [3.63, 3.8) is 0 Å². The minimum atomic E-state index is 0.384. The highest BCUT2D eigenvalue weighted by Crippen LogP contribution is 2.46. The molecule has 2 aliphatic carbocycles. The molecule has 0 N–H and O–H groups in total. The zero-order chi connectivity index (χ0) is 12.1. The van der Waals surface area contributed by atoms with Gasteiger partial charge in [-0.15, -0.1) is 0 Å². The summed E-state index contributed by atoms with van der Waals surface area (Å²) in [4.78, 5) is 0. The predicted molar refractivity (Wildman–Crippen MR) is 84.4 cm³/mol. The molecule has 92 valence electrons. The largest absolute Gasteiger partial charge is 0.0839 e. The average Bonchev–Trinajstić information content (AvgIpc) is 2.41. The van der Waals surface area contributed by atoms with E-state index in [1.807, 2.05) is 0 Å². The average molecular weight is 340 g/mol. The normalized spacial score (nSPS) is 30.5. The molecule has 1 heteroatoms. The van der Waals surface area contributed by atoms with E-state index in [0.717, 1.165) is 0 Å². The molecule has 0 aromatic rings. The second kappa shape index (κ2) is 6.03. The zero-order valence-corrected chi connectivity index (χ0v) is 12.6. The third-order valence-electron chi connectivity index (χ3n) is 3.83. The second-order valence-corrected chi connectivity index (χ2v) is 7.00. The molecule has 17 heavy (non-hydrogen) atoms. The quantitative estimate of drug-likeness (QED) is 0.486. The Bertz CT molecular complexity index is 330. The molecule has 0 heterocycles. The molecule has 0 saturated heterocycles. The van der Waals surface area contributed by atoms with Gasteiger partial charge in [0, 0.05) is 3.42 Å². The summed E-state index contributed by atoms with van der Waals surface area (Å²) in [6.07, 6.45) is 23.2. The predicted octanol–water partition coefficient (Wildman–Crippen LogP) is 5.22. The summed E-state index contributed by atoms with van der Waals surface area (Å²) in [6.45, 7) is 2.30. The van der Waals surface area contributed by atoms with Crippen LogP contribution in [0.2, 0.25) is 0 Å². The molecule has 0 aromatic heterocycles. The lowest BCUT2D eigenvalue weighted by molar-refractivity contribution is 0.348. The maximum Gasteiger partial charge on any atom is 0.0353 e. The Morgan fingerprint density at radius 1 is 1.00 bits per heavy atom. The molecule has 3 atom stereocenters. The second-order valence-electron chi connectivity index (χ2n) is 4.99. The fourth-order valence-electron chi connectivity index (χ4n) is 2.90. The van der Waals surface area contributed by atoms with E-state index in [-0.39, 0.29) is 0 Å². The van der Waals surface area contributed by atoms with Gasteiger partial charge in [0.25, 0.3) is 0 Å². The molecule has 0 saturated carbocycles. The third-order valence-corrected chi connectivity index (χ3v) is 5.97. The number of allylic oxidation sites excluding steroid dienone is 8. The van der Waals surface area contributed by atoms with Gasteiger partial charge in [0.2, 0.25) is 0 Å². The van der Waals surface area contributed by atoms with Gasteiger partial charge >= 0.3 is 0 Å². The number of rotatable bonds is 4. The van der Waals surface area contributed by atoms with Gasteiger partial charge in [-0.3, -0.25) is 0 Å². The number of hydrogen-bond acceptors (Lipinski definition) is 0. The van der Waals surface area contributed by atoms with E-state index >= 15 is 0 Å². The molecular weight excluding hydrogens is 319 g/mol. The van der Waals surface area contributed by atoms with Crippen LogP contribution in [0.3, 0.4) is 0 Å². The molecule has 2 unspecified atom stereocenters. The minimum absolute atomic E-state index is 0.384. The van der Waals surface area contributed by atoms with Crippen molar-refractivity contribution in [2.75, 3.05) is 0 Å². The van der Waals surface area contributed by atoms with Gasteiger partial charge in [-0.2, -0.15) is 0 Å². The van der Waals surface area contributed by atoms with Gasteiger partial charge in [0.15, 0.2) is 0 Å².